The fourth-order valence-corrected chi connectivity index (χ4v) is 4.75. The summed E-state index contributed by atoms with van der Waals surface area (Å²) in [6, 6.07) is 11.8. The standard InChI is InChI=1S/C22H26F2N6O2S/c1-15(25)26-28(2)13-12-22(16-8-6-5-7-9-16)30(21(31)29(3)32-4)27-20(33-22)18-14-17(23)10-11-19(18)24/h5-11,14H,12-13H2,1-4H3,(H2,25,26). The maximum absolute atomic E-state index is 14.6. The molecule has 11 heteroatoms. The highest BCUT2D eigenvalue weighted by Crippen LogP contribution is 2.50. The van der Waals surface area contributed by atoms with Crippen LogP contribution in [-0.4, -0.2) is 59.7 Å². The number of amides is 2. The summed E-state index contributed by atoms with van der Waals surface area (Å²) in [5, 5.41) is 12.8. The normalized spacial score (nSPS) is 18.3. The van der Waals surface area contributed by atoms with Gasteiger partial charge < -0.3 is 5.73 Å². The van der Waals surface area contributed by atoms with Crippen molar-refractivity contribution in [2.45, 2.75) is 18.2 Å². The third-order valence-corrected chi connectivity index (χ3v) is 6.45. The molecule has 0 spiro atoms. The van der Waals surface area contributed by atoms with Gasteiger partial charge in [-0.15, -0.1) is 0 Å². The lowest BCUT2D eigenvalue weighted by molar-refractivity contribution is -0.0807. The van der Waals surface area contributed by atoms with Gasteiger partial charge >= 0.3 is 6.03 Å². The molecule has 2 aromatic carbocycles. The smallest absolute Gasteiger partial charge is 0.365 e. The van der Waals surface area contributed by atoms with Gasteiger partial charge in [-0.3, -0.25) is 9.85 Å². The average Bonchev–Trinajstić information content (AvgIpc) is 3.19. The summed E-state index contributed by atoms with van der Waals surface area (Å²) in [6.45, 7) is 2.07. The summed E-state index contributed by atoms with van der Waals surface area (Å²) in [6.07, 6.45) is 0.349. The van der Waals surface area contributed by atoms with Gasteiger partial charge in [-0.2, -0.15) is 15.2 Å². The first-order valence-electron chi connectivity index (χ1n) is 10.1. The molecule has 0 saturated carbocycles. The minimum Gasteiger partial charge on any atom is -0.386 e. The zero-order chi connectivity index (χ0) is 24.2. The van der Waals surface area contributed by atoms with E-state index in [9.17, 15) is 13.6 Å². The van der Waals surface area contributed by atoms with Crippen molar-refractivity contribution in [2.75, 3.05) is 27.7 Å². The molecule has 0 aromatic heterocycles. The molecule has 0 fully saturated rings. The van der Waals surface area contributed by atoms with Gasteiger partial charge in [-0.25, -0.2) is 18.6 Å². The number of carbonyl (C=O) groups is 1. The molecule has 8 nitrogen and oxygen atoms in total. The second kappa shape index (κ2) is 10.2. The number of urea groups is 1. The van der Waals surface area contributed by atoms with E-state index >= 15 is 0 Å². The lowest BCUT2D eigenvalue weighted by Gasteiger charge is -2.37. The largest absolute Gasteiger partial charge is 0.386 e. The number of benzene rings is 2. The van der Waals surface area contributed by atoms with E-state index in [1.54, 1.807) is 19.0 Å². The van der Waals surface area contributed by atoms with E-state index in [2.05, 4.69) is 10.2 Å². The minimum absolute atomic E-state index is 0.0279. The first kappa shape index (κ1) is 24.5. The molecule has 33 heavy (non-hydrogen) atoms. The van der Waals surface area contributed by atoms with Crippen molar-refractivity contribution in [1.29, 1.82) is 0 Å². The molecule has 2 aromatic rings. The molecule has 2 N–H and O–H groups in total. The summed E-state index contributed by atoms with van der Waals surface area (Å²) in [4.78, 5) is 17.3. The summed E-state index contributed by atoms with van der Waals surface area (Å²) in [7, 11) is 4.57. The van der Waals surface area contributed by atoms with Crippen LogP contribution in [-0.2, 0) is 9.71 Å². The van der Waals surface area contributed by atoms with Gasteiger partial charge in [0.2, 0.25) is 0 Å². The number of carbonyl (C=O) groups excluding carboxylic acids is 1. The topological polar surface area (TPSA) is 86.8 Å². The third-order valence-electron chi connectivity index (χ3n) is 5.01. The SMILES string of the molecule is CON(C)C(=O)N1N=C(c2cc(F)ccc2F)SC1(CCN(C)N=C(C)N)c1ccccc1. The van der Waals surface area contributed by atoms with Crippen LogP contribution in [0, 0.1) is 11.6 Å². The first-order valence-corrected chi connectivity index (χ1v) is 10.9. The number of nitrogens with two attached hydrogens (primary N) is 1. The lowest BCUT2D eigenvalue weighted by atomic mass is 10.0. The maximum Gasteiger partial charge on any atom is 0.365 e. The molecule has 1 heterocycles. The molecule has 176 valence electrons. The molecule has 3 rings (SSSR count). The number of thioether (sulfide) groups is 1. The fraction of sp³-hybridized carbons (Fsp3) is 0.318. The van der Waals surface area contributed by atoms with Crippen molar-refractivity contribution in [3.05, 3.63) is 71.3 Å². The van der Waals surface area contributed by atoms with Crippen molar-refractivity contribution in [3.8, 4) is 0 Å². The highest BCUT2D eigenvalue weighted by Gasteiger charge is 2.50. The van der Waals surface area contributed by atoms with Crippen molar-refractivity contribution < 1.29 is 18.4 Å². The fourth-order valence-electron chi connectivity index (χ4n) is 3.39. The van der Waals surface area contributed by atoms with E-state index in [1.165, 1.54) is 30.9 Å². The Morgan fingerprint density at radius 3 is 2.58 bits per heavy atom. The Kier molecular flexibility index (Phi) is 7.54. The Labute approximate surface area is 195 Å². The third kappa shape index (κ3) is 5.25. The number of hydroxylamine groups is 2. The van der Waals surface area contributed by atoms with Crippen molar-refractivity contribution in [2.24, 2.45) is 15.9 Å². The molecule has 1 unspecified atom stereocenters. The number of hydrogen-bond acceptors (Lipinski definition) is 6. The summed E-state index contributed by atoms with van der Waals surface area (Å²) in [5.41, 5.74) is 6.43. The molecule has 2 amide bonds. The zero-order valence-corrected chi connectivity index (χ0v) is 19.6. The Morgan fingerprint density at radius 1 is 1.24 bits per heavy atom. The van der Waals surface area contributed by atoms with Crippen LogP contribution in [0.5, 0.6) is 0 Å². The number of hydrazone groups is 2. The highest BCUT2D eigenvalue weighted by molar-refractivity contribution is 8.15. The van der Waals surface area contributed by atoms with Gasteiger partial charge in [0.05, 0.1) is 7.11 Å². The monoisotopic (exact) mass is 476 g/mol. The van der Waals surface area contributed by atoms with Gasteiger partial charge in [0.25, 0.3) is 0 Å². The molecule has 1 aliphatic rings. The Morgan fingerprint density at radius 2 is 1.94 bits per heavy atom. The number of halogens is 2. The van der Waals surface area contributed by atoms with Gasteiger partial charge in [-0.05, 0) is 30.7 Å². The quantitative estimate of drug-likeness (QED) is 0.374. The molecular weight excluding hydrogens is 450 g/mol. The molecule has 1 aliphatic heterocycles. The van der Waals surface area contributed by atoms with Gasteiger partial charge in [0, 0.05) is 32.6 Å². The van der Waals surface area contributed by atoms with E-state index in [0.29, 0.717) is 18.8 Å². The molecule has 0 aliphatic carbocycles. The zero-order valence-electron chi connectivity index (χ0n) is 18.8. The molecular formula is C22H26F2N6O2S. The van der Waals surface area contributed by atoms with Crippen LogP contribution in [0.1, 0.15) is 24.5 Å². The Hall–Kier alpha value is -3.18. The van der Waals surface area contributed by atoms with E-state index in [4.69, 9.17) is 10.6 Å². The van der Waals surface area contributed by atoms with Gasteiger partial charge in [0.15, 0.2) is 0 Å². The van der Waals surface area contributed by atoms with Gasteiger partial charge in [0.1, 0.15) is 27.4 Å². The van der Waals surface area contributed by atoms with Crippen LogP contribution in [0.15, 0.2) is 58.7 Å². The first-order chi connectivity index (χ1) is 15.7. The predicted octanol–water partition coefficient (Wildman–Crippen LogP) is 3.76. The van der Waals surface area contributed by atoms with Crippen LogP contribution in [0.25, 0.3) is 0 Å². The lowest BCUT2D eigenvalue weighted by Crippen LogP contribution is -2.47. The Balaban J connectivity index is 2.13. The van der Waals surface area contributed by atoms with Crippen LogP contribution in [0.4, 0.5) is 13.6 Å². The van der Waals surface area contributed by atoms with Crippen LogP contribution < -0.4 is 5.73 Å². The average molecular weight is 477 g/mol. The number of rotatable bonds is 7. The summed E-state index contributed by atoms with van der Waals surface area (Å²) >= 11 is 1.17. The number of hydrogen-bond donors (Lipinski definition) is 1. The van der Waals surface area contributed by atoms with Crippen molar-refractivity contribution >= 4 is 28.7 Å². The van der Waals surface area contributed by atoms with Crippen molar-refractivity contribution in [1.82, 2.24) is 15.1 Å². The van der Waals surface area contributed by atoms with Crippen LogP contribution >= 0.6 is 11.8 Å². The second-order valence-electron chi connectivity index (χ2n) is 7.43. The molecule has 0 bridgehead atoms. The van der Waals surface area contributed by atoms with Crippen LogP contribution in [0.3, 0.4) is 0 Å². The van der Waals surface area contributed by atoms with E-state index in [-0.39, 0.29) is 10.6 Å². The number of nitrogens with zero attached hydrogens (tertiary/aromatic N) is 5. The minimum atomic E-state index is -1.08. The van der Waals surface area contributed by atoms with E-state index < -0.39 is 22.5 Å². The second-order valence-corrected chi connectivity index (χ2v) is 8.70. The van der Waals surface area contributed by atoms with Gasteiger partial charge in [-0.1, -0.05) is 42.1 Å². The number of amidine groups is 1. The molecule has 0 radical (unpaired) electrons. The van der Waals surface area contributed by atoms with Crippen molar-refractivity contribution in [3.63, 3.8) is 0 Å². The van der Waals surface area contributed by atoms with E-state index in [0.717, 1.165) is 28.8 Å². The predicted molar refractivity (Wildman–Crippen MR) is 125 cm³/mol. The molecule has 0 saturated heterocycles. The van der Waals surface area contributed by atoms with Crippen LogP contribution in [0.2, 0.25) is 0 Å². The maximum atomic E-state index is 14.6. The molecule has 1 atom stereocenters. The summed E-state index contributed by atoms with van der Waals surface area (Å²) in [5.74, 6) is -0.859. The highest BCUT2D eigenvalue weighted by atomic mass is 32.2. The summed E-state index contributed by atoms with van der Waals surface area (Å²) < 4.78 is 28.6. The Bertz CT molecular complexity index is 1060. The van der Waals surface area contributed by atoms with E-state index in [1.807, 2.05) is 30.3 Å².